The first-order valence-electron chi connectivity index (χ1n) is 8.27. The van der Waals surface area contributed by atoms with Gasteiger partial charge in [-0.2, -0.15) is 8.75 Å². The standard InChI is InChI=1S/C20H13Cl2N3O2S/c1-11-2-7-16-20(25-28-24-16)19(11)23-18(26)9-5-13-4-8-17(27-13)14-6-3-12(21)10-15(14)22/h2-10H,1H3,(H,23,26). The van der Waals surface area contributed by atoms with Crippen LogP contribution in [0.3, 0.4) is 0 Å². The smallest absolute Gasteiger partial charge is 0.248 e. The molecule has 2 aromatic carbocycles. The van der Waals surface area contributed by atoms with Gasteiger partial charge in [0.1, 0.15) is 22.6 Å². The number of aromatic nitrogens is 2. The highest BCUT2D eigenvalue weighted by atomic mass is 35.5. The third kappa shape index (κ3) is 3.80. The Morgan fingerprint density at radius 2 is 2.00 bits per heavy atom. The summed E-state index contributed by atoms with van der Waals surface area (Å²) in [6.07, 6.45) is 3.00. The number of benzene rings is 2. The fourth-order valence-corrected chi connectivity index (χ4v) is 3.75. The van der Waals surface area contributed by atoms with E-state index in [0.29, 0.717) is 32.8 Å². The van der Waals surface area contributed by atoms with Crippen LogP contribution in [-0.4, -0.2) is 14.7 Å². The molecule has 8 heteroatoms. The van der Waals surface area contributed by atoms with Crippen LogP contribution >= 0.6 is 34.9 Å². The molecule has 0 radical (unpaired) electrons. The molecule has 0 aliphatic heterocycles. The lowest BCUT2D eigenvalue weighted by Gasteiger charge is -2.06. The summed E-state index contributed by atoms with van der Waals surface area (Å²) in [5, 5.41) is 3.91. The molecule has 2 aromatic heterocycles. The van der Waals surface area contributed by atoms with Gasteiger partial charge in [0, 0.05) is 16.7 Å². The second-order valence-corrected chi connectivity index (χ2v) is 7.41. The van der Waals surface area contributed by atoms with Gasteiger partial charge in [-0.3, -0.25) is 4.79 Å². The van der Waals surface area contributed by atoms with Gasteiger partial charge in [0.2, 0.25) is 5.91 Å². The Bertz CT molecular complexity index is 1210. The van der Waals surface area contributed by atoms with E-state index in [4.69, 9.17) is 27.6 Å². The van der Waals surface area contributed by atoms with Crippen LogP contribution in [0.1, 0.15) is 11.3 Å². The van der Waals surface area contributed by atoms with Crippen LogP contribution in [-0.2, 0) is 4.79 Å². The molecule has 0 atom stereocenters. The van der Waals surface area contributed by atoms with Gasteiger partial charge in [0.05, 0.1) is 22.4 Å². The van der Waals surface area contributed by atoms with Crippen LogP contribution in [0.4, 0.5) is 5.69 Å². The van der Waals surface area contributed by atoms with Crippen molar-refractivity contribution < 1.29 is 9.21 Å². The van der Waals surface area contributed by atoms with Crippen LogP contribution in [0.5, 0.6) is 0 Å². The maximum atomic E-state index is 12.4. The predicted octanol–water partition coefficient (Wildman–Crippen LogP) is 6.22. The quantitative estimate of drug-likeness (QED) is 0.391. The molecule has 2 heterocycles. The van der Waals surface area contributed by atoms with Gasteiger partial charge in [-0.25, -0.2) is 0 Å². The molecule has 0 unspecified atom stereocenters. The number of anilines is 1. The number of furan rings is 1. The number of rotatable bonds is 4. The molecule has 0 fully saturated rings. The zero-order chi connectivity index (χ0) is 19.7. The molecule has 1 N–H and O–H groups in total. The summed E-state index contributed by atoms with van der Waals surface area (Å²) in [4.78, 5) is 12.4. The average Bonchev–Trinajstić information content (AvgIpc) is 3.32. The normalized spacial score (nSPS) is 11.4. The van der Waals surface area contributed by atoms with Crippen molar-refractivity contribution in [2.24, 2.45) is 0 Å². The van der Waals surface area contributed by atoms with E-state index in [1.165, 1.54) is 6.08 Å². The maximum absolute atomic E-state index is 12.4. The fourth-order valence-electron chi connectivity index (χ4n) is 2.71. The van der Waals surface area contributed by atoms with E-state index in [9.17, 15) is 4.79 Å². The molecule has 0 bridgehead atoms. The third-order valence-electron chi connectivity index (χ3n) is 4.11. The minimum absolute atomic E-state index is 0.286. The number of nitrogens with zero attached hydrogens (tertiary/aromatic N) is 2. The van der Waals surface area contributed by atoms with Crippen molar-refractivity contribution in [3.63, 3.8) is 0 Å². The lowest BCUT2D eigenvalue weighted by atomic mass is 10.1. The minimum atomic E-state index is -0.286. The van der Waals surface area contributed by atoms with E-state index >= 15 is 0 Å². The first-order valence-corrected chi connectivity index (χ1v) is 9.76. The number of fused-ring (bicyclic) bond motifs is 1. The van der Waals surface area contributed by atoms with E-state index in [1.54, 1.807) is 36.4 Å². The number of aryl methyl sites for hydroxylation is 1. The molecule has 0 aliphatic rings. The molecule has 4 rings (SSSR count). The number of carbonyl (C=O) groups is 1. The van der Waals surface area contributed by atoms with E-state index in [1.807, 2.05) is 19.1 Å². The first-order chi connectivity index (χ1) is 13.5. The summed E-state index contributed by atoms with van der Waals surface area (Å²) in [7, 11) is 0. The molecular formula is C20H13Cl2N3O2S. The van der Waals surface area contributed by atoms with Crippen molar-refractivity contribution in [1.82, 2.24) is 8.75 Å². The van der Waals surface area contributed by atoms with Crippen molar-refractivity contribution >= 4 is 63.6 Å². The minimum Gasteiger partial charge on any atom is -0.457 e. The van der Waals surface area contributed by atoms with Crippen LogP contribution in [0, 0.1) is 6.92 Å². The third-order valence-corrected chi connectivity index (χ3v) is 5.20. The van der Waals surface area contributed by atoms with Gasteiger partial charge in [0.15, 0.2) is 0 Å². The number of hydrogen-bond donors (Lipinski definition) is 1. The molecule has 0 spiro atoms. The Kier molecular flexibility index (Phi) is 5.17. The van der Waals surface area contributed by atoms with Crippen LogP contribution in [0.2, 0.25) is 10.0 Å². The SMILES string of the molecule is Cc1ccc2nsnc2c1NC(=O)C=Cc1ccc(-c2ccc(Cl)cc2Cl)o1. The largest absolute Gasteiger partial charge is 0.457 e. The second kappa shape index (κ2) is 7.75. The average molecular weight is 430 g/mol. The van der Waals surface area contributed by atoms with E-state index in [-0.39, 0.29) is 5.91 Å². The van der Waals surface area contributed by atoms with Crippen LogP contribution < -0.4 is 5.32 Å². The Labute approximate surface area is 174 Å². The summed E-state index contributed by atoms with van der Waals surface area (Å²) >= 11 is 13.2. The van der Waals surface area contributed by atoms with Crippen molar-refractivity contribution in [2.75, 3.05) is 5.32 Å². The highest BCUT2D eigenvalue weighted by Crippen LogP contribution is 2.32. The number of nitrogens with one attached hydrogen (secondary N) is 1. The summed E-state index contributed by atoms with van der Waals surface area (Å²) in [6, 6.07) is 12.5. The molecule has 0 aliphatic carbocycles. The van der Waals surface area contributed by atoms with Gasteiger partial charge in [-0.1, -0.05) is 29.3 Å². The van der Waals surface area contributed by atoms with Gasteiger partial charge in [-0.15, -0.1) is 0 Å². The maximum Gasteiger partial charge on any atom is 0.248 e. The number of hydrogen-bond acceptors (Lipinski definition) is 5. The molecule has 5 nitrogen and oxygen atoms in total. The molecule has 4 aromatic rings. The molecule has 0 saturated carbocycles. The van der Waals surface area contributed by atoms with Gasteiger partial charge in [-0.05, 0) is 55.0 Å². The molecule has 28 heavy (non-hydrogen) atoms. The Balaban J connectivity index is 1.51. The van der Waals surface area contributed by atoms with E-state index in [2.05, 4.69) is 14.1 Å². The van der Waals surface area contributed by atoms with E-state index < -0.39 is 0 Å². The monoisotopic (exact) mass is 429 g/mol. The predicted molar refractivity (Wildman–Crippen MR) is 114 cm³/mol. The van der Waals surface area contributed by atoms with Gasteiger partial charge in [0.25, 0.3) is 0 Å². The Morgan fingerprint density at radius 3 is 2.82 bits per heavy atom. The van der Waals surface area contributed by atoms with Gasteiger partial charge < -0.3 is 9.73 Å². The second-order valence-electron chi connectivity index (χ2n) is 6.04. The summed E-state index contributed by atoms with van der Waals surface area (Å²) in [5.74, 6) is 0.836. The van der Waals surface area contributed by atoms with Crippen molar-refractivity contribution in [2.45, 2.75) is 6.92 Å². The molecule has 0 saturated heterocycles. The highest BCUT2D eigenvalue weighted by Gasteiger charge is 2.11. The zero-order valence-corrected chi connectivity index (χ0v) is 16.9. The fraction of sp³-hybridized carbons (Fsp3) is 0.0500. The molecular weight excluding hydrogens is 417 g/mol. The highest BCUT2D eigenvalue weighted by molar-refractivity contribution is 7.00. The summed E-state index contributed by atoms with van der Waals surface area (Å²) in [5.41, 5.74) is 3.75. The lowest BCUT2D eigenvalue weighted by Crippen LogP contribution is -2.09. The van der Waals surface area contributed by atoms with Crippen molar-refractivity contribution in [3.8, 4) is 11.3 Å². The van der Waals surface area contributed by atoms with E-state index in [0.717, 1.165) is 28.4 Å². The summed E-state index contributed by atoms with van der Waals surface area (Å²) < 4.78 is 14.2. The number of amides is 1. The van der Waals surface area contributed by atoms with Crippen LogP contribution in [0.25, 0.3) is 28.4 Å². The molecule has 1 amide bonds. The van der Waals surface area contributed by atoms with Crippen molar-refractivity contribution in [1.29, 1.82) is 0 Å². The van der Waals surface area contributed by atoms with Crippen LogP contribution in [0.15, 0.2) is 53.0 Å². The Hall–Kier alpha value is -2.67. The first kappa shape index (κ1) is 18.7. The number of halogens is 2. The van der Waals surface area contributed by atoms with Gasteiger partial charge >= 0.3 is 0 Å². The lowest BCUT2D eigenvalue weighted by molar-refractivity contribution is -0.111. The summed E-state index contributed by atoms with van der Waals surface area (Å²) in [6.45, 7) is 1.91. The molecule has 140 valence electrons. The zero-order valence-electron chi connectivity index (χ0n) is 14.6. The topological polar surface area (TPSA) is 68.0 Å². The number of carbonyl (C=O) groups excluding carboxylic acids is 1. The van der Waals surface area contributed by atoms with Crippen molar-refractivity contribution in [3.05, 3.63) is 69.9 Å². The Morgan fingerprint density at radius 1 is 1.14 bits per heavy atom.